The molecule has 0 spiro atoms. The van der Waals surface area contributed by atoms with Gasteiger partial charge in [0.2, 0.25) is 0 Å². The normalized spacial score (nSPS) is 13.1. The number of halogens is 1. The fourth-order valence-electron chi connectivity index (χ4n) is 1.86. The van der Waals surface area contributed by atoms with E-state index in [0.717, 1.165) is 0 Å². The Balaban J connectivity index is 0.00000361. The van der Waals surface area contributed by atoms with Crippen molar-refractivity contribution in [2.75, 3.05) is 16.8 Å². The smallest absolute Gasteiger partial charge is 0.294 e. The van der Waals surface area contributed by atoms with Crippen LogP contribution in [-0.4, -0.2) is 34.1 Å². The molecule has 2 atom stereocenters. The molecule has 1 rings (SSSR count). The summed E-state index contributed by atoms with van der Waals surface area (Å²) in [6.07, 6.45) is -1.62. The van der Waals surface area contributed by atoms with Crippen LogP contribution in [-0.2, 0) is 0 Å². The molecule has 1 aromatic rings. The summed E-state index contributed by atoms with van der Waals surface area (Å²) in [4.78, 5) is 12.1. The molecule has 0 saturated heterocycles. The molecule has 0 heterocycles. The van der Waals surface area contributed by atoms with Gasteiger partial charge in [-0.15, -0.1) is 12.4 Å². The summed E-state index contributed by atoms with van der Waals surface area (Å²) >= 11 is 0. The van der Waals surface area contributed by atoms with Gasteiger partial charge in [0.05, 0.1) is 4.92 Å². The van der Waals surface area contributed by atoms with Crippen molar-refractivity contribution in [3.8, 4) is 0 Å². The molecule has 0 aromatic heterocycles. The maximum atomic E-state index is 11.0. The van der Waals surface area contributed by atoms with E-state index in [-0.39, 0.29) is 23.8 Å². The molecule has 114 valence electrons. The predicted molar refractivity (Wildman–Crippen MR) is 80.3 cm³/mol. The van der Waals surface area contributed by atoms with Gasteiger partial charge in [-0.1, -0.05) is 0 Å². The molecule has 0 fully saturated rings. The molecule has 7 nitrogen and oxygen atoms in total. The molecule has 0 radical (unpaired) electrons. The average Bonchev–Trinajstić information content (AvgIpc) is 2.30. The van der Waals surface area contributed by atoms with Gasteiger partial charge < -0.3 is 20.4 Å². The van der Waals surface area contributed by atoms with Crippen LogP contribution in [0.15, 0.2) is 18.2 Å². The van der Waals surface area contributed by atoms with Crippen molar-refractivity contribution in [1.82, 2.24) is 0 Å². The van der Waals surface area contributed by atoms with E-state index >= 15 is 0 Å². The van der Waals surface area contributed by atoms with Gasteiger partial charge in [-0.05, 0) is 32.9 Å². The first-order chi connectivity index (χ1) is 8.86. The molecule has 0 aliphatic carbocycles. The quantitative estimate of drug-likeness (QED) is 0.422. The largest absolute Gasteiger partial charge is 0.374 e. The first-order valence-electron chi connectivity index (χ1n) is 6.04. The average molecular weight is 306 g/mol. The van der Waals surface area contributed by atoms with Crippen LogP contribution < -0.4 is 10.2 Å². The Hall–Kier alpha value is -1.57. The number of benzene rings is 1. The Morgan fingerprint density at radius 2 is 2.00 bits per heavy atom. The number of anilines is 2. The topological polar surface area (TPSA) is 98.9 Å². The zero-order valence-electron chi connectivity index (χ0n) is 11.6. The Labute approximate surface area is 123 Å². The van der Waals surface area contributed by atoms with Gasteiger partial charge >= 0.3 is 0 Å². The minimum atomic E-state index is -0.886. The second-order valence-corrected chi connectivity index (χ2v) is 4.20. The summed E-state index contributed by atoms with van der Waals surface area (Å²) < 4.78 is 0. The molecule has 1 aromatic carbocycles. The summed E-state index contributed by atoms with van der Waals surface area (Å²) in [6, 6.07) is 4.56. The second-order valence-electron chi connectivity index (χ2n) is 4.20. The number of aliphatic hydroxyl groups is 2. The zero-order valence-corrected chi connectivity index (χ0v) is 12.4. The van der Waals surface area contributed by atoms with Crippen molar-refractivity contribution < 1.29 is 15.1 Å². The molecular formula is C12H20ClN3O4. The SMILES string of the molecule is CCN(c1ccc(NC(C)O)c([N+](=O)[O-])c1)C(C)O.Cl. The molecule has 2 unspecified atom stereocenters. The third kappa shape index (κ3) is 4.52. The van der Waals surface area contributed by atoms with E-state index in [1.165, 1.54) is 19.1 Å². The number of nitro benzene ring substituents is 1. The van der Waals surface area contributed by atoms with Crippen LogP contribution >= 0.6 is 12.4 Å². The Kier molecular flexibility index (Phi) is 7.26. The highest BCUT2D eigenvalue weighted by molar-refractivity contribution is 5.85. The zero-order chi connectivity index (χ0) is 14.6. The molecule has 20 heavy (non-hydrogen) atoms. The molecular weight excluding hydrogens is 286 g/mol. The minimum absolute atomic E-state index is 0. The van der Waals surface area contributed by atoms with Gasteiger partial charge in [0.15, 0.2) is 0 Å². The van der Waals surface area contributed by atoms with E-state index in [1.807, 2.05) is 6.92 Å². The maximum Gasteiger partial charge on any atom is 0.294 e. The van der Waals surface area contributed by atoms with E-state index in [4.69, 9.17) is 0 Å². The first-order valence-corrected chi connectivity index (χ1v) is 6.04. The highest BCUT2D eigenvalue weighted by Crippen LogP contribution is 2.30. The molecule has 0 saturated carbocycles. The number of hydrogen-bond donors (Lipinski definition) is 3. The van der Waals surface area contributed by atoms with Crippen LogP contribution in [0.2, 0.25) is 0 Å². The van der Waals surface area contributed by atoms with Gasteiger partial charge in [-0.25, -0.2) is 0 Å². The number of hydrogen-bond acceptors (Lipinski definition) is 6. The number of nitrogens with one attached hydrogen (secondary N) is 1. The van der Waals surface area contributed by atoms with Crippen molar-refractivity contribution in [2.24, 2.45) is 0 Å². The van der Waals surface area contributed by atoms with Gasteiger partial charge in [-0.2, -0.15) is 0 Å². The van der Waals surface area contributed by atoms with Crippen molar-refractivity contribution in [1.29, 1.82) is 0 Å². The van der Waals surface area contributed by atoms with E-state index in [0.29, 0.717) is 12.2 Å². The van der Waals surface area contributed by atoms with E-state index in [2.05, 4.69) is 5.32 Å². The minimum Gasteiger partial charge on any atom is -0.374 e. The van der Waals surface area contributed by atoms with Gasteiger partial charge in [0.1, 0.15) is 18.1 Å². The maximum absolute atomic E-state index is 11.0. The van der Waals surface area contributed by atoms with Gasteiger partial charge in [-0.3, -0.25) is 10.1 Å². The summed E-state index contributed by atoms with van der Waals surface area (Å²) in [5.74, 6) is 0. The molecule has 0 aliphatic heterocycles. The summed E-state index contributed by atoms with van der Waals surface area (Å²) in [6.45, 7) is 5.45. The lowest BCUT2D eigenvalue weighted by Crippen LogP contribution is -2.32. The predicted octanol–water partition coefficient (Wildman–Crippen LogP) is 1.93. The summed E-state index contributed by atoms with van der Waals surface area (Å²) in [5, 5.41) is 32.5. The third-order valence-electron chi connectivity index (χ3n) is 2.67. The van der Waals surface area contributed by atoms with E-state index in [1.54, 1.807) is 17.9 Å². The van der Waals surface area contributed by atoms with Crippen molar-refractivity contribution in [2.45, 2.75) is 33.2 Å². The molecule has 0 aliphatic rings. The van der Waals surface area contributed by atoms with Crippen LogP contribution in [0, 0.1) is 10.1 Å². The van der Waals surface area contributed by atoms with Crippen LogP contribution in [0.4, 0.5) is 17.1 Å². The Morgan fingerprint density at radius 3 is 2.40 bits per heavy atom. The lowest BCUT2D eigenvalue weighted by Gasteiger charge is -2.26. The lowest BCUT2D eigenvalue weighted by atomic mass is 10.2. The summed E-state index contributed by atoms with van der Waals surface area (Å²) in [7, 11) is 0. The van der Waals surface area contributed by atoms with Crippen LogP contribution in [0.3, 0.4) is 0 Å². The number of nitro groups is 1. The van der Waals surface area contributed by atoms with E-state index in [9.17, 15) is 20.3 Å². The van der Waals surface area contributed by atoms with Crippen LogP contribution in [0.5, 0.6) is 0 Å². The lowest BCUT2D eigenvalue weighted by molar-refractivity contribution is -0.384. The Morgan fingerprint density at radius 1 is 1.40 bits per heavy atom. The van der Waals surface area contributed by atoms with Crippen molar-refractivity contribution in [3.05, 3.63) is 28.3 Å². The van der Waals surface area contributed by atoms with E-state index < -0.39 is 17.4 Å². The monoisotopic (exact) mass is 305 g/mol. The number of rotatable bonds is 6. The van der Waals surface area contributed by atoms with Crippen LogP contribution in [0.1, 0.15) is 20.8 Å². The highest BCUT2D eigenvalue weighted by Gasteiger charge is 2.19. The molecule has 3 N–H and O–H groups in total. The van der Waals surface area contributed by atoms with Crippen molar-refractivity contribution in [3.63, 3.8) is 0 Å². The standard InChI is InChI=1S/C12H19N3O4.ClH/c1-4-14(9(3)17)10-5-6-11(13-8(2)16)12(7-10)15(18)19;/h5-9,13,16-17H,4H2,1-3H3;1H. The summed E-state index contributed by atoms with van der Waals surface area (Å²) in [5.41, 5.74) is 0.656. The highest BCUT2D eigenvalue weighted by atomic mass is 35.5. The van der Waals surface area contributed by atoms with Gasteiger partial charge in [0.25, 0.3) is 5.69 Å². The van der Waals surface area contributed by atoms with Gasteiger partial charge in [0, 0.05) is 18.3 Å². The van der Waals surface area contributed by atoms with Crippen molar-refractivity contribution >= 4 is 29.5 Å². The molecule has 0 amide bonds. The molecule has 0 bridgehead atoms. The fraction of sp³-hybridized carbons (Fsp3) is 0.500. The Bertz CT molecular complexity index is 454. The molecule has 8 heteroatoms. The van der Waals surface area contributed by atoms with Crippen LogP contribution in [0.25, 0.3) is 0 Å². The number of nitrogens with zero attached hydrogens (tertiary/aromatic N) is 2. The number of aliphatic hydroxyl groups excluding tert-OH is 2. The fourth-order valence-corrected chi connectivity index (χ4v) is 1.86. The third-order valence-corrected chi connectivity index (χ3v) is 2.67. The second kappa shape index (κ2) is 7.88. The first kappa shape index (κ1) is 18.4.